The lowest BCUT2D eigenvalue weighted by Crippen LogP contribution is -2.42. The Balaban J connectivity index is 1.71. The van der Waals surface area contributed by atoms with Gasteiger partial charge in [-0.05, 0) is 46.6 Å². The third-order valence-corrected chi connectivity index (χ3v) is 4.15. The summed E-state index contributed by atoms with van der Waals surface area (Å²) in [4.78, 5) is 22.8. The third kappa shape index (κ3) is 3.30. The summed E-state index contributed by atoms with van der Waals surface area (Å²) < 4.78 is 7.71. The first-order chi connectivity index (χ1) is 10.8. The first-order valence-electron chi connectivity index (χ1n) is 8.11. The number of hydrogen-bond donors (Lipinski definition) is 0. The molecule has 0 bridgehead atoms. The second-order valence-electron chi connectivity index (χ2n) is 7.09. The summed E-state index contributed by atoms with van der Waals surface area (Å²) in [6, 6.07) is 2.29. The fraction of sp³-hybridized carbons (Fsp3) is 0.588. The Labute approximate surface area is 136 Å². The van der Waals surface area contributed by atoms with E-state index in [9.17, 15) is 4.79 Å². The number of hydrogen-bond acceptors (Lipinski definition) is 4. The summed E-state index contributed by atoms with van der Waals surface area (Å²) in [6.07, 6.45) is 5.23. The molecule has 3 rings (SSSR count). The van der Waals surface area contributed by atoms with Crippen LogP contribution in [0.2, 0.25) is 0 Å². The molecule has 0 aromatic carbocycles. The highest BCUT2D eigenvalue weighted by Crippen LogP contribution is 2.28. The van der Waals surface area contributed by atoms with E-state index >= 15 is 0 Å². The van der Waals surface area contributed by atoms with Crippen LogP contribution in [-0.2, 0) is 4.74 Å². The van der Waals surface area contributed by atoms with Gasteiger partial charge in [0.25, 0.3) is 0 Å². The normalized spacial score (nSPS) is 16.8. The van der Waals surface area contributed by atoms with Crippen LogP contribution in [0.25, 0.3) is 11.0 Å². The van der Waals surface area contributed by atoms with Crippen molar-refractivity contribution in [2.24, 2.45) is 0 Å². The van der Waals surface area contributed by atoms with Gasteiger partial charge in [-0.2, -0.15) is 0 Å². The summed E-state index contributed by atoms with van der Waals surface area (Å²) in [7, 11) is 0. The highest BCUT2D eigenvalue weighted by molar-refractivity contribution is 5.74. The number of imidazole rings is 1. The van der Waals surface area contributed by atoms with Crippen LogP contribution in [0, 0.1) is 6.92 Å². The van der Waals surface area contributed by atoms with Gasteiger partial charge in [-0.3, -0.25) is 4.98 Å². The highest BCUT2D eigenvalue weighted by Gasteiger charge is 2.28. The molecule has 1 fully saturated rings. The molecule has 0 N–H and O–H groups in total. The Kier molecular flexibility index (Phi) is 4.00. The minimum Gasteiger partial charge on any atom is -0.444 e. The van der Waals surface area contributed by atoms with E-state index < -0.39 is 5.60 Å². The largest absolute Gasteiger partial charge is 0.444 e. The summed E-state index contributed by atoms with van der Waals surface area (Å²) in [5, 5.41) is 0. The van der Waals surface area contributed by atoms with Gasteiger partial charge in [0.1, 0.15) is 11.4 Å². The Morgan fingerprint density at radius 3 is 2.65 bits per heavy atom. The van der Waals surface area contributed by atoms with Gasteiger partial charge in [-0.15, -0.1) is 0 Å². The molecule has 2 aromatic heterocycles. The number of nitrogens with zero attached hydrogens (tertiary/aromatic N) is 4. The molecule has 1 aliphatic rings. The lowest BCUT2D eigenvalue weighted by molar-refractivity contribution is 0.0189. The molecule has 124 valence electrons. The van der Waals surface area contributed by atoms with E-state index in [1.54, 1.807) is 11.1 Å². The molecule has 1 amide bonds. The van der Waals surface area contributed by atoms with Crippen LogP contribution < -0.4 is 0 Å². The van der Waals surface area contributed by atoms with Crippen LogP contribution in [0.3, 0.4) is 0 Å². The number of carbonyl (C=O) groups excluding carboxylic acids is 1. The molecule has 1 aliphatic heterocycles. The van der Waals surface area contributed by atoms with Crippen molar-refractivity contribution >= 4 is 17.1 Å². The van der Waals surface area contributed by atoms with Crippen LogP contribution in [-0.4, -0.2) is 44.2 Å². The molecule has 0 atom stereocenters. The van der Waals surface area contributed by atoms with Crippen LogP contribution in [0.5, 0.6) is 0 Å². The van der Waals surface area contributed by atoms with Gasteiger partial charge in [0.2, 0.25) is 0 Å². The van der Waals surface area contributed by atoms with Crippen molar-refractivity contribution < 1.29 is 9.53 Å². The van der Waals surface area contributed by atoms with Gasteiger partial charge < -0.3 is 14.2 Å². The van der Waals surface area contributed by atoms with E-state index in [4.69, 9.17) is 4.74 Å². The number of aromatic nitrogens is 3. The molecule has 23 heavy (non-hydrogen) atoms. The molecule has 0 unspecified atom stereocenters. The molecule has 6 nitrogen and oxygen atoms in total. The molecule has 6 heteroatoms. The zero-order chi connectivity index (χ0) is 16.6. The number of ether oxygens (including phenoxy) is 1. The average molecular weight is 316 g/mol. The van der Waals surface area contributed by atoms with Gasteiger partial charge in [0.05, 0.1) is 17.2 Å². The van der Waals surface area contributed by atoms with Gasteiger partial charge in [0.15, 0.2) is 0 Å². The van der Waals surface area contributed by atoms with E-state index in [2.05, 4.69) is 14.5 Å². The van der Waals surface area contributed by atoms with Crippen molar-refractivity contribution in [1.82, 2.24) is 19.4 Å². The van der Waals surface area contributed by atoms with Gasteiger partial charge in [-0.1, -0.05) is 0 Å². The second kappa shape index (κ2) is 5.83. The highest BCUT2D eigenvalue weighted by atomic mass is 16.6. The van der Waals surface area contributed by atoms with Crippen molar-refractivity contribution in [3.05, 3.63) is 24.3 Å². The second-order valence-corrected chi connectivity index (χ2v) is 7.09. The number of amides is 1. The standard InChI is InChI=1S/C17H24N4O2/c1-12-19-14-5-8-18-11-15(14)21(12)13-6-9-20(10-7-13)16(22)23-17(2,3)4/h5,8,11,13H,6-7,9-10H2,1-4H3. The molecular weight excluding hydrogens is 292 g/mol. The first kappa shape index (κ1) is 15.8. The van der Waals surface area contributed by atoms with Crippen molar-refractivity contribution in [3.8, 4) is 0 Å². The number of rotatable bonds is 1. The molecule has 0 radical (unpaired) electrons. The third-order valence-electron chi connectivity index (χ3n) is 4.15. The quantitative estimate of drug-likeness (QED) is 0.810. The number of pyridine rings is 1. The maximum Gasteiger partial charge on any atom is 0.410 e. The fourth-order valence-electron chi connectivity index (χ4n) is 3.16. The predicted octanol–water partition coefficient (Wildman–Crippen LogP) is 3.31. The summed E-state index contributed by atoms with van der Waals surface area (Å²) in [5.41, 5.74) is 1.60. The Bertz CT molecular complexity index is 709. The SMILES string of the molecule is Cc1nc2ccncc2n1C1CCN(C(=O)OC(C)(C)C)CC1. The predicted molar refractivity (Wildman–Crippen MR) is 88.3 cm³/mol. The maximum atomic E-state index is 12.2. The zero-order valence-electron chi connectivity index (χ0n) is 14.2. The number of carbonyl (C=O) groups is 1. The summed E-state index contributed by atoms with van der Waals surface area (Å²) in [5.74, 6) is 1.00. The van der Waals surface area contributed by atoms with Crippen LogP contribution in [0.4, 0.5) is 4.79 Å². The van der Waals surface area contributed by atoms with Crippen LogP contribution in [0.1, 0.15) is 45.5 Å². The maximum absolute atomic E-state index is 12.2. The molecule has 0 spiro atoms. The minimum absolute atomic E-state index is 0.218. The van der Waals surface area contributed by atoms with Crippen molar-refractivity contribution in [2.45, 2.75) is 52.2 Å². The zero-order valence-corrected chi connectivity index (χ0v) is 14.2. The lowest BCUT2D eigenvalue weighted by atomic mass is 10.0. The van der Waals surface area contributed by atoms with E-state index in [0.29, 0.717) is 19.1 Å². The Morgan fingerprint density at radius 1 is 1.30 bits per heavy atom. The van der Waals surface area contributed by atoms with Crippen LogP contribution >= 0.6 is 0 Å². The number of fused-ring (bicyclic) bond motifs is 1. The van der Waals surface area contributed by atoms with Gasteiger partial charge in [0, 0.05) is 25.3 Å². The molecule has 0 aliphatic carbocycles. The van der Waals surface area contributed by atoms with Gasteiger partial charge >= 0.3 is 6.09 Å². The summed E-state index contributed by atoms with van der Waals surface area (Å²) in [6.45, 7) is 9.13. The molecule has 2 aromatic rings. The smallest absolute Gasteiger partial charge is 0.410 e. The Hall–Kier alpha value is -2.11. The number of likely N-dealkylation sites (tertiary alicyclic amines) is 1. The molecule has 0 saturated carbocycles. The van der Waals surface area contributed by atoms with E-state index in [1.807, 2.05) is 40.0 Å². The monoisotopic (exact) mass is 316 g/mol. The molecular formula is C17H24N4O2. The van der Waals surface area contributed by atoms with Crippen molar-refractivity contribution in [1.29, 1.82) is 0 Å². The number of piperidine rings is 1. The van der Waals surface area contributed by atoms with E-state index in [-0.39, 0.29) is 6.09 Å². The van der Waals surface area contributed by atoms with E-state index in [1.165, 1.54) is 0 Å². The Morgan fingerprint density at radius 2 is 2.00 bits per heavy atom. The minimum atomic E-state index is -0.448. The van der Waals surface area contributed by atoms with Crippen molar-refractivity contribution in [2.75, 3.05) is 13.1 Å². The average Bonchev–Trinajstić information content (AvgIpc) is 2.81. The summed E-state index contributed by atoms with van der Waals surface area (Å²) >= 11 is 0. The van der Waals surface area contributed by atoms with Crippen LogP contribution in [0.15, 0.2) is 18.5 Å². The van der Waals surface area contributed by atoms with E-state index in [0.717, 1.165) is 29.7 Å². The lowest BCUT2D eigenvalue weighted by Gasteiger charge is -2.34. The fourth-order valence-corrected chi connectivity index (χ4v) is 3.16. The number of aryl methyl sites for hydroxylation is 1. The van der Waals surface area contributed by atoms with Gasteiger partial charge in [-0.25, -0.2) is 9.78 Å². The molecule has 1 saturated heterocycles. The topological polar surface area (TPSA) is 60.2 Å². The molecule has 3 heterocycles. The first-order valence-corrected chi connectivity index (χ1v) is 8.11. The van der Waals surface area contributed by atoms with Crippen molar-refractivity contribution in [3.63, 3.8) is 0 Å².